The molecule has 0 radical (unpaired) electrons. The Balaban J connectivity index is 2.25. The lowest BCUT2D eigenvalue weighted by molar-refractivity contribution is -0.136. The molecule has 0 saturated carbocycles. The molecule has 0 aliphatic heterocycles. The summed E-state index contributed by atoms with van der Waals surface area (Å²) in [5.41, 5.74) is 1.59. The van der Waals surface area contributed by atoms with Gasteiger partial charge in [-0.1, -0.05) is 53.5 Å². The van der Waals surface area contributed by atoms with Crippen molar-refractivity contribution in [3.05, 3.63) is 69.3 Å². The third kappa shape index (κ3) is 2.96. The number of hydrogen-bond donors (Lipinski definition) is 2. The molecule has 0 atom stereocenters. The van der Waals surface area contributed by atoms with E-state index in [-0.39, 0.29) is 17.9 Å². The first kappa shape index (κ1) is 15.6. The zero-order chi connectivity index (χ0) is 16.6. The molecular formula is C17H11Cl2NO3. The van der Waals surface area contributed by atoms with E-state index in [9.17, 15) is 14.7 Å². The van der Waals surface area contributed by atoms with Crippen LogP contribution in [-0.2, 0) is 11.2 Å². The van der Waals surface area contributed by atoms with E-state index in [4.69, 9.17) is 23.2 Å². The molecule has 0 amide bonds. The van der Waals surface area contributed by atoms with Gasteiger partial charge < -0.3 is 10.1 Å². The molecule has 23 heavy (non-hydrogen) atoms. The van der Waals surface area contributed by atoms with E-state index in [1.165, 1.54) is 6.07 Å². The van der Waals surface area contributed by atoms with E-state index in [2.05, 4.69) is 4.98 Å². The Hall–Kier alpha value is -2.30. The summed E-state index contributed by atoms with van der Waals surface area (Å²) in [5.74, 6) is -1.33. The molecule has 3 aromatic rings. The van der Waals surface area contributed by atoms with Crippen molar-refractivity contribution in [2.75, 3.05) is 0 Å². The quantitative estimate of drug-likeness (QED) is 0.690. The van der Waals surface area contributed by atoms with Crippen LogP contribution in [0.3, 0.4) is 0 Å². The number of carboxylic acid groups (broad SMARTS) is 1. The monoisotopic (exact) mass is 347 g/mol. The third-order valence-electron chi connectivity index (χ3n) is 3.51. The second kappa shape index (κ2) is 6.07. The summed E-state index contributed by atoms with van der Waals surface area (Å²) in [7, 11) is 0. The number of fused-ring (bicyclic) bond motifs is 1. The van der Waals surface area contributed by atoms with E-state index >= 15 is 0 Å². The minimum Gasteiger partial charge on any atom is -0.481 e. The molecule has 0 bridgehead atoms. The first-order valence-corrected chi connectivity index (χ1v) is 7.54. The van der Waals surface area contributed by atoms with Crippen LogP contribution in [-0.4, -0.2) is 21.8 Å². The van der Waals surface area contributed by atoms with Gasteiger partial charge in [-0.15, -0.1) is 0 Å². The number of aromatic nitrogens is 1. The van der Waals surface area contributed by atoms with E-state index in [1.54, 1.807) is 36.4 Å². The Labute approximate surface area is 141 Å². The van der Waals surface area contributed by atoms with Crippen LogP contribution in [0.5, 0.6) is 0 Å². The van der Waals surface area contributed by atoms with E-state index in [1.807, 2.05) is 0 Å². The number of carbonyl (C=O) groups is 2. The molecule has 0 unspecified atom stereocenters. The van der Waals surface area contributed by atoms with Crippen LogP contribution in [0.25, 0.3) is 10.9 Å². The minimum atomic E-state index is -1.04. The van der Waals surface area contributed by atoms with Crippen LogP contribution in [0.4, 0.5) is 0 Å². The average Bonchev–Trinajstić information content (AvgIpc) is 2.85. The van der Waals surface area contributed by atoms with Gasteiger partial charge in [0.15, 0.2) is 0 Å². The molecule has 6 heteroatoms. The molecule has 3 rings (SSSR count). The van der Waals surface area contributed by atoms with Crippen molar-refractivity contribution in [2.24, 2.45) is 0 Å². The lowest BCUT2D eigenvalue weighted by Gasteiger charge is -2.03. The first-order valence-electron chi connectivity index (χ1n) is 6.78. The van der Waals surface area contributed by atoms with Crippen molar-refractivity contribution in [3.8, 4) is 0 Å². The molecule has 0 saturated heterocycles. The lowest BCUT2D eigenvalue weighted by atomic mass is 10.0. The summed E-state index contributed by atoms with van der Waals surface area (Å²) in [6, 6.07) is 11.8. The second-order valence-electron chi connectivity index (χ2n) is 5.05. The molecule has 0 aliphatic carbocycles. The molecule has 4 nitrogen and oxygen atoms in total. The van der Waals surface area contributed by atoms with Gasteiger partial charge in [-0.05, 0) is 12.1 Å². The van der Waals surface area contributed by atoms with Crippen molar-refractivity contribution in [3.63, 3.8) is 0 Å². The highest BCUT2D eigenvalue weighted by atomic mass is 35.5. The molecule has 0 spiro atoms. The maximum Gasteiger partial charge on any atom is 0.307 e. The van der Waals surface area contributed by atoms with Crippen LogP contribution in [0.1, 0.15) is 21.6 Å². The summed E-state index contributed by atoms with van der Waals surface area (Å²) in [5, 5.41) is 10.4. The van der Waals surface area contributed by atoms with Gasteiger partial charge in [0.1, 0.15) is 0 Å². The minimum absolute atomic E-state index is 0.220. The number of aliphatic carboxylic acids is 1. The van der Waals surface area contributed by atoms with Crippen LogP contribution in [0, 0.1) is 0 Å². The zero-order valence-corrected chi connectivity index (χ0v) is 13.3. The van der Waals surface area contributed by atoms with Crippen LogP contribution < -0.4 is 0 Å². The fourth-order valence-electron chi connectivity index (χ4n) is 2.57. The second-order valence-corrected chi connectivity index (χ2v) is 5.90. The summed E-state index contributed by atoms with van der Waals surface area (Å²) in [6.07, 6.45) is -0.310. The van der Waals surface area contributed by atoms with Gasteiger partial charge in [0.25, 0.3) is 0 Å². The van der Waals surface area contributed by atoms with E-state index in [0.717, 1.165) is 0 Å². The average molecular weight is 348 g/mol. The maximum absolute atomic E-state index is 12.7. The van der Waals surface area contributed by atoms with Gasteiger partial charge in [0.2, 0.25) is 5.78 Å². The van der Waals surface area contributed by atoms with Gasteiger partial charge in [0, 0.05) is 27.1 Å². The smallest absolute Gasteiger partial charge is 0.307 e. The maximum atomic E-state index is 12.7. The number of H-pyrrole nitrogens is 1. The van der Waals surface area contributed by atoms with Crippen molar-refractivity contribution >= 4 is 45.9 Å². The molecule has 0 aliphatic rings. The third-order valence-corrected chi connectivity index (χ3v) is 4.03. The molecule has 116 valence electrons. The van der Waals surface area contributed by atoms with Crippen molar-refractivity contribution < 1.29 is 14.7 Å². The first-order chi connectivity index (χ1) is 11.0. The van der Waals surface area contributed by atoms with Crippen LogP contribution in [0.2, 0.25) is 10.0 Å². The number of halogens is 2. The Morgan fingerprint density at radius 3 is 2.43 bits per heavy atom. The molecule has 1 aromatic heterocycles. The highest BCUT2D eigenvalue weighted by molar-refractivity contribution is 6.39. The van der Waals surface area contributed by atoms with Crippen molar-refractivity contribution in [1.82, 2.24) is 4.98 Å². The number of carbonyl (C=O) groups excluding carboxylic acids is 1. The molecule has 2 N–H and O–H groups in total. The molecule has 0 fully saturated rings. The van der Waals surface area contributed by atoms with Crippen LogP contribution >= 0.6 is 23.2 Å². The standard InChI is InChI=1S/C17H11Cl2NO3/c18-10-6-12(19)15-11(8-14(21)22)16(20-13(15)7-10)17(23)9-4-2-1-3-5-9/h1-7,20H,8H2,(H,21,22). The van der Waals surface area contributed by atoms with Crippen molar-refractivity contribution in [1.29, 1.82) is 0 Å². The normalized spacial score (nSPS) is 10.9. The Morgan fingerprint density at radius 1 is 1.09 bits per heavy atom. The number of aromatic amines is 1. The number of nitrogens with one attached hydrogen (secondary N) is 1. The summed E-state index contributed by atoms with van der Waals surface area (Å²) < 4.78 is 0. The fourth-order valence-corrected chi connectivity index (χ4v) is 3.18. The highest BCUT2D eigenvalue weighted by Gasteiger charge is 2.22. The number of hydrogen-bond acceptors (Lipinski definition) is 2. The SMILES string of the molecule is O=C(O)Cc1c(C(=O)c2ccccc2)[nH]c2cc(Cl)cc(Cl)c12. The number of benzene rings is 2. The summed E-state index contributed by atoms with van der Waals surface area (Å²) >= 11 is 12.2. The Bertz CT molecular complexity index is 916. The van der Waals surface area contributed by atoms with Gasteiger partial charge in [-0.3, -0.25) is 9.59 Å². The van der Waals surface area contributed by atoms with Gasteiger partial charge in [0.05, 0.1) is 17.1 Å². The summed E-state index contributed by atoms with van der Waals surface area (Å²) in [6.45, 7) is 0. The van der Waals surface area contributed by atoms with E-state index in [0.29, 0.717) is 32.1 Å². The Morgan fingerprint density at radius 2 is 1.78 bits per heavy atom. The molecular weight excluding hydrogens is 337 g/mol. The highest BCUT2D eigenvalue weighted by Crippen LogP contribution is 2.33. The van der Waals surface area contributed by atoms with E-state index < -0.39 is 5.97 Å². The number of carboxylic acids is 1. The zero-order valence-electron chi connectivity index (χ0n) is 11.8. The lowest BCUT2D eigenvalue weighted by Crippen LogP contribution is -2.08. The number of ketones is 1. The summed E-state index contributed by atoms with van der Waals surface area (Å²) in [4.78, 5) is 26.9. The largest absolute Gasteiger partial charge is 0.481 e. The molecule has 1 heterocycles. The van der Waals surface area contributed by atoms with Gasteiger partial charge in [-0.2, -0.15) is 0 Å². The number of rotatable bonds is 4. The predicted octanol–water partition coefficient (Wildman–Crippen LogP) is 4.33. The van der Waals surface area contributed by atoms with Crippen LogP contribution in [0.15, 0.2) is 42.5 Å². The van der Waals surface area contributed by atoms with Gasteiger partial charge in [-0.25, -0.2) is 0 Å². The Kier molecular flexibility index (Phi) is 4.11. The van der Waals surface area contributed by atoms with Crippen molar-refractivity contribution in [2.45, 2.75) is 6.42 Å². The molecule has 2 aromatic carbocycles. The van der Waals surface area contributed by atoms with Gasteiger partial charge >= 0.3 is 5.97 Å². The topological polar surface area (TPSA) is 70.2 Å². The fraction of sp³-hybridized carbons (Fsp3) is 0.0588. The predicted molar refractivity (Wildman–Crippen MR) is 89.5 cm³/mol.